The van der Waals surface area contributed by atoms with E-state index in [2.05, 4.69) is 8.81 Å². The topological polar surface area (TPSA) is 43.5 Å². The molecule has 58 valence electrons. The maximum atomic E-state index is 10.8. The first-order valence-electron chi connectivity index (χ1n) is 3.00. The molecule has 10 heavy (non-hydrogen) atoms. The van der Waals surface area contributed by atoms with E-state index in [1.807, 2.05) is 20.8 Å². The number of carbonyl (C=O) groups excluding carboxylic acids is 1. The zero-order valence-electron chi connectivity index (χ0n) is 6.42. The molecule has 0 aromatic heterocycles. The van der Waals surface area contributed by atoms with Crippen molar-refractivity contribution in [1.82, 2.24) is 0 Å². The Morgan fingerprint density at radius 3 is 2.40 bits per heavy atom. The van der Waals surface area contributed by atoms with E-state index in [1.54, 1.807) is 0 Å². The second kappa shape index (κ2) is 3.97. The van der Waals surface area contributed by atoms with Gasteiger partial charge in [0, 0.05) is 0 Å². The molecule has 0 aliphatic rings. The second-order valence-corrected chi connectivity index (χ2v) is 3.89. The molecule has 0 aromatic carbocycles. The Morgan fingerprint density at radius 2 is 2.10 bits per heavy atom. The Morgan fingerprint density at radius 1 is 1.60 bits per heavy atom. The number of hydrogen-bond donors (Lipinski definition) is 0. The molecule has 0 aliphatic heterocycles. The van der Waals surface area contributed by atoms with Gasteiger partial charge in [0.05, 0.1) is 0 Å². The first-order chi connectivity index (χ1) is 4.45. The van der Waals surface area contributed by atoms with Crippen molar-refractivity contribution < 1.29 is 24.4 Å². The minimum absolute atomic E-state index is 0.123. The van der Waals surface area contributed by atoms with E-state index in [0.717, 1.165) is 19.6 Å². The molecule has 0 aromatic rings. The zero-order valence-corrected chi connectivity index (χ0v) is 9.35. The summed E-state index contributed by atoms with van der Waals surface area (Å²) in [4.78, 5) is 10.8. The van der Waals surface area contributed by atoms with E-state index < -0.39 is 0 Å². The van der Waals surface area contributed by atoms with Crippen LogP contribution < -0.4 is 0 Å². The van der Waals surface area contributed by atoms with Crippen molar-refractivity contribution in [2.75, 3.05) is 6.54 Å². The van der Waals surface area contributed by atoms with Gasteiger partial charge in [-0.15, -0.1) is 0 Å². The van der Waals surface area contributed by atoms with Crippen LogP contribution in [-0.4, -0.2) is 18.0 Å². The summed E-state index contributed by atoms with van der Waals surface area (Å²) >= 11 is 1.08. The molecule has 0 spiro atoms. The summed E-state index contributed by atoms with van der Waals surface area (Å²) in [6.45, 7) is 5.93. The molecular formula is C6H11N2OW-. The second-order valence-electron chi connectivity index (χ2n) is 2.96. The van der Waals surface area contributed by atoms with Crippen LogP contribution in [0, 0.1) is 0 Å². The van der Waals surface area contributed by atoms with Gasteiger partial charge >= 0.3 is 72.0 Å². The fraction of sp³-hybridized carbons (Fsp3) is 0.833. The van der Waals surface area contributed by atoms with Crippen molar-refractivity contribution in [3.05, 3.63) is 5.32 Å². The molecule has 0 heterocycles. The van der Waals surface area contributed by atoms with E-state index in [9.17, 15) is 4.79 Å². The van der Waals surface area contributed by atoms with Gasteiger partial charge in [-0.1, -0.05) is 0 Å². The van der Waals surface area contributed by atoms with Crippen LogP contribution in [0.1, 0.15) is 20.8 Å². The van der Waals surface area contributed by atoms with E-state index in [0.29, 0.717) is 0 Å². The third-order valence-electron chi connectivity index (χ3n) is 0.660. The van der Waals surface area contributed by atoms with Gasteiger partial charge in [-0.3, -0.25) is 0 Å². The summed E-state index contributed by atoms with van der Waals surface area (Å²) in [5, 5.41) is 3.88. The predicted molar refractivity (Wildman–Crippen MR) is 35.4 cm³/mol. The van der Waals surface area contributed by atoms with Gasteiger partial charge < -0.3 is 0 Å². The van der Waals surface area contributed by atoms with Gasteiger partial charge in [-0.2, -0.15) is 0 Å². The van der Waals surface area contributed by atoms with Gasteiger partial charge in [-0.05, 0) is 0 Å². The van der Waals surface area contributed by atoms with Gasteiger partial charge in [0.1, 0.15) is 0 Å². The maximum absolute atomic E-state index is 10.8. The van der Waals surface area contributed by atoms with Crippen LogP contribution in [0.2, 0.25) is 0 Å². The van der Waals surface area contributed by atoms with Crippen molar-refractivity contribution in [1.29, 1.82) is 0 Å². The Balaban J connectivity index is 3.68. The van der Waals surface area contributed by atoms with Gasteiger partial charge in [0.2, 0.25) is 0 Å². The van der Waals surface area contributed by atoms with E-state index in [-0.39, 0.29) is 18.0 Å². The summed E-state index contributed by atoms with van der Waals surface area (Å²) in [6, 6.07) is 0. The van der Waals surface area contributed by atoms with E-state index in [1.165, 1.54) is 0 Å². The number of carbonyl (C=O) groups is 1. The van der Waals surface area contributed by atoms with Crippen molar-refractivity contribution in [2.24, 2.45) is 3.50 Å². The summed E-state index contributed by atoms with van der Waals surface area (Å²) in [5.41, 5.74) is -0.253. The van der Waals surface area contributed by atoms with Crippen LogP contribution in [0.5, 0.6) is 0 Å². The fourth-order valence-electron chi connectivity index (χ4n) is 0.465. The minimum atomic E-state index is -0.253. The fourth-order valence-corrected chi connectivity index (χ4v) is 0.861. The first-order valence-corrected chi connectivity index (χ1v) is 4.32. The molecule has 0 unspecified atom stereocenters. The number of amides is 1. The Kier molecular flexibility index (Phi) is 3.95. The molecule has 0 saturated heterocycles. The first kappa shape index (κ1) is 9.96. The van der Waals surface area contributed by atoms with Crippen molar-refractivity contribution >= 4 is 5.91 Å². The average Bonchev–Trinajstić information content (AvgIpc) is 1.59. The van der Waals surface area contributed by atoms with Gasteiger partial charge in [0.25, 0.3) is 0 Å². The van der Waals surface area contributed by atoms with Crippen molar-refractivity contribution in [2.45, 2.75) is 26.3 Å². The van der Waals surface area contributed by atoms with Crippen molar-refractivity contribution in [3.8, 4) is 0 Å². The van der Waals surface area contributed by atoms with Crippen LogP contribution in [0.25, 0.3) is 5.32 Å². The molecule has 0 saturated carbocycles. The normalized spacial score (nSPS) is 10.7. The monoisotopic (exact) mass is 311 g/mol. The average molecular weight is 311 g/mol. The van der Waals surface area contributed by atoms with Crippen LogP contribution in [0.4, 0.5) is 0 Å². The molecule has 1 amide bonds. The van der Waals surface area contributed by atoms with Crippen LogP contribution in [0.15, 0.2) is 3.50 Å². The van der Waals surface area contributed by atoms with Gasteiger partial charge in [-0.25, -0.2) is 0 Å². The Labute approximate surface area is 72.3 Å². The summed E-state index contributed by atoms with van der Waals surface area (Å²) < 4.78 is 3.76. The van der Waals surface area contributed by atoms with Crippen molar-refractivity contribution in [3.63, 3.8) is 0 Å². The Bertz CT molecular complexity index is 139. The van der Waals surface area contributed by atoms with Gasteiger partial charge in [0.15, 0.2) is 0 Å². The molecule has 0 N–H and O–H groups in total. The molecule has 0 bridgehead atoms. The summed E-state index contributed by atoms with van der Waals surface area (Å²) in [6.07, 6.45) is 0. The number of nitrogens with zero attached hydrogens (tertiary/aromatic N) is 2. The van der Waals surface area contributed by atoms with E-state index >= 15 is 0 Å². The molecular weight excluding hydrogens is 300 g/mol. The van der Waals surface area contributed by atoms with Crippen LogP contribution >= 0.6 is 0 Å². The molecule has 3 nitrogen and oxygen atoms in total. The molecule has 0 fully saturated rings. The predicted octanol–water partition coefficient (Wildman–Crippen LogP) is 1.42. The molecule has 0 rings (SSSR count). The third kappa shape index (κ3) is 6.08. The summed E-state index contributed by atoms with van der Waals surface area (Å²) in [7, 11) is 0. The molecule has 0 radical (unpaired) electrons. The number of hydrogen-bond acceptors (Lipinski definition) is 2. The Hall–Kier alpha value is -0.0417. The molecule has 0 aliphatic carbocycles. The number of rotatable bonds is 2. The zero-order chi connectivity index (χ0) is 8.20. The third-order valence-corrected chi connectivity index (χ3v) is 1.12. The summed E-state index contributed by atoms with van der Waals surface area (Å²) in [5.74, 6) is -0.123. The molecule has 0 atom stereocenters. The standard InChI is InChI=1S/C6H12N2O.W/c1-6(2,3)8-5(9)4-7;/h4H2,1-3H3,(H,8,9);/p-1. The quantitative estimate of drug-likeness (QED) is 0.760. The van der Waals surface area contributed by atoms with Crippen LogP contribution in [0.3, 0.4) is 0 Å². The molecule has 4 heteroatoms. The van der Waals surface area contributed by atoms with Crippen LogP contribution in [-0.2, 0) is 24.4 Å². The van der Waals surface area contributed by atoms with E-state index in [4.69, 9.17) is 0 Å². The SMILES string of the molecule is CC(C)(C)[N-]C(=O)C[N]=[W].